The number of thioether (sulfide) groups is 1. The Hall–Kier alpha value is 0.01000. The molecule has 0 aliphatic carbocycles. The number of rotatable bonds is 5. The molecule has 1 nitrogen and oxygen atoms in total. The zero-order chi connectivity index (χ0) is 8.81. The van der Waals surface area contributed by atoms with Gasteiger partial charge in [-0.1, -0.05) is 6.07 Å². The van der Waals surface area contributed by atoms with Crippen LogP contribution in [0.25, 0.3) is 0 Å². The summed E-state index contributed by atoms with van der Waals surface area (Å²) in [7, 11) is 0. The van der Waals surface area contributed by atoms with Crippen molar-refractivity contribution in [1.82, 2.24) is 0 Å². The molecule has 0 fully saturated rings. The molecule has 0 aliphatic rings. The molecule has 1 rings (SSSR count). The Bertz CT molecular complexity index is 194. The van der Waals surface area contributed by atoms with Crippen LogP contribution in [0.1, 0.15) is 11.8 Å². The molecule has 1 heterocycles. The van der Waals surface area contributed by atoms with E-state index in [1.807, 2.05) is 23.1 Å². The molecule has 0 radical (unpaired) electrons. The summed E-state index contributed by atoms with van der Waals surface area (Å²) in [5.41, 5.74) is 5.63. The van der Waals surface area contributed by atoms with E-state index < -0.39 is 0 Å². The van der Waals surface area contributed by atoms with E-state index in [9.17, 15) is 0 Å². The lowest BCUT2D eigenvalue weighted by molar-refractivity contribution is 0.847. The summed E-state index contributed by atoms with van der Waals surface area (Å²) in [6, 6.07) is 4.63. The van der Waals surface area contributed by atoms with Crippen LogP contribution in [0.2, 0.25) is 0 Å². The van der Waals surface area contributed by atoms with Gasteiger partial charge in [0.15, 0.2) is 0 Å². The van der Waals surface area contributed by atoms with Crippen LogP contribution >= 0.6 is 23.1 Å². The Labute approximate surface area is 82.4 Å². The normalized spacial score (nSPS) is 13.2. The summed E-state index contributed by atoms with van der Waals surface area (Å²) in [5.74, 6) is 2.27. The summed E-state index contributed by atoms with van der Waals surface area (Å²) in [6.45, 7) is 2.05. The van der Waals surface area contributed by atoms with Crippen LogP contribution < -0.4 is 5.73 Å². The van der Waals surface area contributed by atoms with Gasteiger partial charge in [-0.3, -0.25) is 0 Å². The summed E-state index contributed by atoms with van der Waals surface area (Å²) in [4.78, 5) is 1.48. The van der Waals surface area contributed by atoms with E-state index in [2.05, 4.69) is 24.4 Å². The first-order valence-electron chi connectivity index (χ1n) is 4.15. The molecule has 68 valence electrons. The highest BCUT2D eigenvalue weighted by molar-refractivity contribution is 7.99. The van der Waals surface area contributed by atoms with Gasteiger partial charge in [0.05, 0.1) is 0 Å². The van der Waals surface area contributed by atoms with Crippen LogP contribution in [0.5, 0.6) is 0 Å². The van der Waals surface area contributed by atoms with Crippen molar-refractivity contribution in [2.75, 3.05) is 11.5 Å². The summed E-state index contributed by atoms with van der Waals surface area (Å²) >= 11 is 3.78. The van der Waals surface area contributed by atoms with E-state index >= 15 is 0 Å². The largest absolute Gasteiger partial charge is 0.327 e. The SMILES string of the molecule is CC(N)CSCCc1cccs1. The van der Waals surface area contributed by atoms with Gasteiger partial charge < -0.3 is 5.73 Å². The maximum atomic E-state index is 5.63. The molecule has 1 aromatic heterocycles. The summed E-state index contributed by atoms with van der Waals surface area (Å²) in [6.07, 6.45) is 1.19. The lowest BCUT2D eigenvalue weighted by Gasteiger charge is -2.02. The standard InChI is InChI=1S/C9H15NS2/c1-8(10)7-11-6-4-9-3-2-5-12-9/h2-3,5,8H,4,6-7,10H2,1H3. The van der Waals surface area contributed by atoms with Crippen LogP contribution in [0.4, 0.5) is 0 Å². The van der Waals surface area contributed by atoms with Crippen LogP contribution in [-0.4, -0.2) is 17.5 Å². The summed E-state index contributed by atoms with van der Waals surface area (Å²) < 4.78 is 0. The molecule has 0 aliphatic heterocycles. The van der Waals surface area contributed by atoms with Gasteiger partial charge in [0.1, 0.15) is 0 Å². The molecule has 0 spiro atoms. The van der Waals surface area contributed by atoms with Crippen LogP contribution in [0, 0.1) is 0 Å². The molecule has 1 unspecified atom stereocenters. The van der Waals surface area contributed by atoms with Gasteiger partial charge in [-0.2, -0.15) is 11.8 Å². The van der Waals surface area contributed by atoms with Crippen LogP contribution in [0.3, 0.4) is 0 Å². The molecule has 0 amide bonds. The first-order chi connectivity index (χ1) is 5.79. The molecule has 0 saturated heterocycles. The average molecular weight is 201 g/mol. The minimum Gasteiger partial charge on any atom is -0.327 e. The Kier molecular flexibility index (Phi) is 4.73. The topological polar surface area (TPSA) is 26.0 Å². The molecule has 0 aromatic carbocycles. The molecule has 0 bridgehead atoms. The van der Waals surface area contributed by atoms with Gasteiger partial charge in [-0.25, -0.2) is 0 Å². The number of aryl methyl sites for hydroxylation is 1. The zero-order valence-corrected chi connectivity index (χ0v) is 8.96. The highest BCUT2D eigenvalue weighted by Crippen LogP contribution is 2.12. The second-order valence-corrected chi connectivity index (χ2v) is 5.06. The zero-order valence-electron chi connectivity index (χ0n) is 7.32. The third-order valence-electron chi connectivity index (χ3n) is 1.45. The predicted octanol–water partition coefficient (Wildman–Crippen LogP) is 2.37. The highest BCUT2D eigenvalue weighted by Gasteiger charge is 1.96. The fourth-order valence-electron chi connectivity index (χ4n) is 0.897. The van der Waals surface area contributed by atoms with Gasteiger partial charge in [0, 0.05) is 16.7 Å². The van der Waals surface area contributed by atoms with E-state index in [0.29, 0.717) is 6.04 Å². The molecular formula is C9H15NS2. The number of hydrogen-bond acceptors (Lipinski definition) is 3. The lowest BCUT2D eigenvalue weighted by atomic mass is 10.4. The lowest BCUT2D eigenvalue weighted by Crippen LogP contribution is -2.17. The molecule has 1 atom stereocenters. The van der Waals surface area contributed by atoms with Gasteiger partial charge in [-0.15, -0.1) is 11.3 Å². The van der Waals surface area contributed by atoms with Gasteiger partial charge in [0.2, 0.25) is 0 Å². The second-order valence-electron chi connectivity index (χ2n) is 2.88. The first kappa shape index (κ1) is 10.1. The van der Waals surface area contributed by atoms with Crippen LogP contribution in [0.15, 0.2) is 17.5 Å². The smallest absolute Gasteiger partial charge is 0.0101 e. The summed E-state index contributed by atoms with van der Waals surface area (Å²) in [5, 5.41) is 2.13. The van der Waals surface area contributed by atoms with Crippen molar-refractivity contribution in [2.24, 2.45) is 5.73 Å². The van der Waals surface area contributed by atoms with E-state index in [1.165, 1.54) is 17.1 Å². The van der Waals surface area contributed by atoms with Crippen molar-refractivity contribution in [3.05, 3.63) is 22.4 Å². The third-order valence-corrected chi connectivity index (χ3v) is 3.64. The Morgan fingerprint density at radius 1 is 1.67 bits per heavy atom. The molecule has 3 heteroatoms. The quantitative estimate of drug-likeness (QED) is 0.740. The van der Waals surface area contributed by atoms with Gasteiger partial charge >= 0.3 is 0 Å². The van der Waals surface area contributed by atoms with Crippen molar-refractivity contribution in [2.45, 2.75) is 19.4 Å². The van der Waals surface area contributed by atoms with Gasteiger partial charge in [0.25, 0.3) is 0 Å². The van der Waals surface area contributed by atoms with Gasteiger partial charge in [-0.05, 0) is 30.5 Å². The highest BCUT2D eigenvalue weighted by atomic mass is 32.2. The molecular weight excluding hydrogens is 186 g/mol. The van der Waals surface area contributed by atoms with E-state index in [-0.39, 0.29) is 0 Å². The number of thiophene rings is 1. The van der Waals surface area contributed by atoms with Crippen molar-refractivity contribution in [1.29, 1.82) is 0 Å². The van der Waals surface area contributed by atoms with Crippen molar-refractivity contribution < 1.29 is 0 Å². The Balaban J connectivity index is 2.04. The van der Waals surface area contributed by atoms with E-state index in [1.54, 1.807) is 0 Å². The Morgan fingerprint density at radius 2 is 2.50 bits per heavy atom. The fourth-order valence-corrected chi connectivity index (χ4v) is 2.64. The minimum atomic E-state index is 0.332. The van der Waals surface area contributed by atoms with Crippen molar-refractivity contribution in [3.63, 3.8) is 0 Å². The molecule has 1 aromatic rings. The molecule has 12 heavy (non-hydrogen) atoms. The fraction of sp³-hybridized carbons (Fsp3) is 0.556. The van der Waals surface area contributed by atoms with Crippen LogP contribution in [-0.2, 0) is 6.42 Å². The minimum absolute atomic E-state index is 0.332. The number of nitrogens with two attached hydrogens (primary N) is 1. The monoisotopic (exact) mass is 201 g/mol. The van der Waals surface area contributed by atoms with E-state index in [4.69, 9.17) is 5.73 Å². The molecule has 2 N–H and O–H groups in total. The van der Waals surface area contributed by atoms with Crippen molar-refractivity contribution >= 4 is 23.1 Å². The third kappa shape index (κ3) is 4.14. The number of hydrogen-bond donors (Lipinski definition) is 1. The maximum Gasteiger partial charge on any atom is 0.0101 e. The molecule has 0 saturated carbocycles. The first-order valence-corrected chi connectivity index (χ1v) is 6.18. The second kappa shape index (κ2) is 5.62. The maximum absolute atomic E-state index is 5.63. The average Bonchev–Trinajstić information content (AvgIpc) is 2.49. The van der Waals surface area contributed by atoms with E-state index in [0.717, 1.165) is 5.75 Å². The Morgan fingerprint density at radius 3 is 3.08 bits per heavy atom. The van der Waals surface area contributed by atoms with Crippen molar-refractivity contribution in [3.8, 4) is 0 Å². The predicted molar refractivity (Wildman–Crippen MR) is 59.0 cm³/mol.